The van der Waals surface area contributed by atoms with Crippen LogP contribution in [0.1, 0.15) is 55.3 Å². The summed E-state index contributed by atoms with van der Waals surface area (Å²) >= 11 is 0. The highest BCUT2D eigenvalue weighted by Crippen LogP contribution is 2.16. The van der Waals surface area contributed by atoms with Gasteiger partial charge < -0.3 is 21.1 Å². The molecule has 1 saturated carbocycles. The zero-order valence-corrected chi connectivity index (χ0v) is 17.0. The lowest BCUT2D eigenvalue weighted by molar-refractivity contribution is 0.0953. The molecule has 1 aliphatic carbocycles. The van der Waals surface area contributed by atoms with Gasteiger partial charge in [0.15, 0.2) is 0 Å². The number of carbonyl (C=O) groups excluding carboxylic acids is 1. The average Bonchev–Trinajstić information content (AvgIpc) is 2.61. The smallest absolute Gasteiger partial charge is 0.251 e. The molecule has 5 nitrogen and oxygen atoms in total. The molecule has 1 aromatic rings. The minimum Gasteiger partial charge on any atom is -0.508 e. The number of nitrogens with one attached hydrogen (secondary N) is 3. The van der Waals surface area contributed by atoms with Crippen molar-refractivity contribution in [3.8, 4) is 5.75 Å². The van der Waals surface area contributed by atoms with E-state index in [1.165, 1.54) is 44.2 Å². The van der Waals surface area contributed by atoms with E-state index in [0.717, 1.165) is 38.5 Å². The van der Waals surface area contributed by atoms with Gasteiger partial charge in [0.25, 0.3) is 5.91 Å². The van der Waals surface area contributed by atoms with Crippen LogP contribution < -0.4 is 16.0 Å². The summed E-state index contributed by atoms with van der Waals surface area (Å²) < 4.78 is 0. The minimum absolute atomic E-state index is 0. The van der Waals surface area contributed by atoms with Crippen LogP contribution in [0.15, 0.2) is 24.3 Å². The van der Waals surface area contributed by atoms with Gasteiger partial charge >= 0.3 is 0 Å². The van der Waals surface area contributed by atoms with Gasteiger partial charge in [-0.05, 0) is 56.5 Å². The van der Waals surface area contributed by atoms with E-state index in [2.05, 4.69) is 16.0 Å². The molecule has 150 valence electrons. The number of benzene rings is 1. The number of phenols is 1. The van der Waals surface area contributed by atoms with Crippen molar-refractivity contribution in [2.45, 2.75) is 51.0 Å². The Morgan fingerprint density at radius 2 is 1.58 bits per heavy atom. The molecule has 7 heteroatoms. The number of aromatic hydroxyl groups is 1. The van der Waals surface area contributed by atoms with E-state index in [9.17, 15) is 9.90 Å². The Balaban J connectivity index is 0.00000312. The van der Waals surface area contributed by atoms with E-state index in [0.29, 0.717) is 12.1 Å². The number of carbonyl (C=O) groups is 1. The van der Waals surface area contributed by atoms with Crippen LogP contribution in [0.2, 0.25) is 0 Å². The van der Waals surface area contributed by atoms with Gasteiger partial charge in [0, 0.05) is 31.2 Å². The molecule has 2 rings (SSSR count). The first-order valence-corrected chi connectivity index (χ1v) is 9.27. The first-order chi connectivity index (χ1) is 11.8. The molecule has 0 aromatic heterocycles. The Kier molecular flexibility index (Phi) is 14.5. The topological polar surface area (TPSA) is 73.4 Å². The van der Waals surface area contributed by atoms with Crippen LogP contribution in [0.5, 0.6) is 5.75 Å². The lowest BCUT2D eigenvalue weighted by Crippen LogP contribution is -2.36. The highest BCUT2D eigenvalue weighted by molar-refractivity contribution is 5.94. The second-order valence-electron chi connectivity index (χ2n) is 6.55. The molecule has 4 N–H and O–H groups in total. The van der Waals surface area contributed by atoms with E-state index >= 15 is 0 Å². The maximum absolute atomic E-state index is 11.9. The van der Waals surface area contributed by atoms with Gasteiger partial charge in [-0.15, -0.1) is 24.8 Å². The van der Waals surface area contributed by atoms with Gasteiger partial charge in [-0.3, -0.25) is 4.79 Å². The Morgan fingerprint density at radius 3 is 2.27 bits per heavy atom. The monoisotopic (exact) mass is 405 g/mol. The molecule has 1 fully saturated rings. The van der Waals surface area contributed by atoms with Gasteiger partial charge in [-0.2, -0.15) is 0 Å². The molecule has 0 radical (unpaired) electrons. The zero-order valence-electron chi connectivity index (χ0n) is 15.3. The van der Waals surface area contributed by atoms with E-state index in [1.807, 2.05) is 0 Å². The van der Waals surface area contributed by atoms with Gasteiger partial charge in [0.1, 0.15) is 5.75 Å². The number of halogens is 2. The Morgan fingerprint density at radius 1 is 0.923 bits per heavy atom. The highest BCUT2D eigenvalue weighted by Gasteiger charge is 2.11. The Labute approximate surface area is 169 Å². The predicted octanol–water partition coefficient (Wildman–Crippen LogP) is 3.26. The molecule has 0 aliphatic heterocycles. The van der Waals surface area contributed by atoms with E-state index < -0.39 is 0 Å². The number of hydrogen-bond donors (Lipinski definition) is 4. The molecule has 1 amide bonds. The van der Waals surface area contributed by atoms with Crippen LogP contribution in [0.4, 0.5) is 0 Å². The summed E-state index contributed by atoms with van der Waals surface area (Å²) in [4.78, 5) is 11.9. The fraction of sp³-hybridized carbons (Fsp3) is 0.632. The SMILES string of the molecule is Cl.Cl.O=C(NCCCCNCCNC1CCCCC1)c1ccc(O)cc1. The van der Waals surface area contributed by atoms with E-state index in [4.69, 9.17) is 0 Å². The summed E-state index contributed by atoms with van der Waals surface area (Å²) in [6.45, 7) is 3.72. The van der Waals surface area contributed by atoms with Crippen molar-refractivity contribution in [3.05, 3.63) is 29.8 Å². The number of unbranched alkanes of at least 4 members (excludes halogenated alkanes) is 1. The summed E-state index contributed by atoms with van der Waals surface area (Å²) in [6.07, 6.45) is 8.84. The van der Waals surface area contributed by atoms with Crippen molar-refractivity contribution in [1.29, 1.82) is 0 Å². The molecule has 0 unspecified atom stereocenters. The normalized spacial score (nSPS) is 14.2. The molecule has 1 aliphatic rings. The average molecular weight is 406 g/mol. The van der Waals surface area contributed by atoms with Crippen LogP contribution in [0, 0.1) is 0 Å². The maximum atomic E-state index is 11.9. The Bertz CT molecular complexity index is 480. The summed E-state index contributed by atoms with van der Waals surface area (Å²) in [6, 6.07) is 7.05. The fourth-order valence-electron chi connectivity index (χ4n) is 3.09. The first kappa shape index (κ1) is 25.0. The summed E-state index contributed by atoms with van der Waals surface area (Å²) in [7, 11) is 0. The standard InChI is InChI=1S/C19H31N3O2.2ClH/c23-18-10-8-16(9-11-18)19(24)22-13-5-4-12-20-14-15-21-17-6-2-1-3-7-17;;/h8-11,17,20-21,23H,1-7,12-15H2,(H,22,24);2*1H. The van der Waals surface area contributed by atoms with Gasteiger partial charge in [0.2, 0.25) is 0 Å². The second kappa shape index (κ2) is 15.1. The predicted molar refractivity (Wildman–Crippen MR) is 112 cm³/mol. The first-order valence-electron chi connectivity index (χ1n) is 9.27. The molecule has 0 heterocycles. The molecule has 0 spiro atoms. The molecule has 0 bridgehead atoms. The van der Waals surface area contributed by atoms with Crippen LogP contribution in [0.25, 0.3) is 0 Å². The summed E-state index contributed by atoms with van der Waals surface area (Å²) in [5.41, 5.74) is 0.583. The molecule has 0 saturated heterocycles. The number of amides is 1. The quantitative estimate of drug-likeness (QED) is 0.450. The van der Waals surface area contributed by atoms with E-state index in [-0.39, 0.29) is 36.5 Å². The van der Waals surface area contributed by atoms with Crippen LogP contribution >= 0.6 is 24.8 Å². The maximum Gasteiger partial charge on any atom is 0.251 e. The number of hydrogen-bond acceptors (Lipinski definition) is 4. The second-order valence-corrected chi connectivity index (χ2v) is 6.55. The summed E-state index contributed by atoms with van der Waals surface area (Å²) in [5, 5.41) is 19.2. The number of rotatable bonds is 10. The third kappa shape index (κ3) is 10.2. The van der Waals surface area contributed by atoms with Gasteiger partial charge in [-0.25, -0.2) is 0 Å². The molecule has 0 atom stereocenters. The van der Waals surface area contributed by atoms with Crippen molar-refractivity contribution < 1.29 is 9.90 Å². The Hall–Kier alpha value is -1.01. The van der Waals surface area contributed by atoms with Crippen molar-refractivity contribution in [3.63, 3.8) is 0 Å². The third-order valence-corrected chi connectivity index (χ3v) is 4.54. The largest absolute Gasteiger partial charge is 0.508 e. The molecule has 26 heavy (non-hydrogen) atoms. The van der Waals surface area contributed by atoms with Crippen molar-refractivity contribution >= 4 is 30.7 Å². The van der Waals surface area contributed by atoms with Crippen molar-refractivity contribution in [1.82, 2.24) is 16.0 Å². The summed E-state index contributed by atoms with van der Waals surface area (Å²) in [5.74, 6) is 0.0928. The van der Waals surface area contributed by atoms with Crippen molar-refractivity contribution in [2.75, 3.05) is 26.2 Å². The number of phenolic OH excluding ortho intramolecular Hbond substituents is 1. The lowest BCUT2D eigenvalue weighted by Gasteiger charge is -2.22. The molecular formula is C19H33Cl2N3O2. The van der Waals surface area contributed by atoms with Crippen molar-refractivity contribution in [2.24, 2.45) is 0 Å². The highest BCUT2D eigenvalue weighted by atomic mass is 35.5. The lowest BCUT2D eigenvalue weighted by atomic mass is 9.95. The fourth-order valence-corrected chi connectivity index (χ4v) is 3.09. The zero-order chi connectivity index (χ0) is 17.0. The van der Waals surface area contributed by atoms with Gasteiger partial charge in [-0.1, -0.05) is 19.3 Å². The van der Waals surface area contributed by atoms with E-state index in [1.54, 1.807) is 12.1 Å². The third-order valence-electron chi connectivity index (χ3n) is 4.54. The van der Waals surface area contributed by atoms with Gasteiger partial charge in [0.05, 0.1) is 0 Å². The minimum atomic E-state index is -0.0837. The molecule has 1 aromatic carbocycles. The van der Waals surface area contributed by atoms with Crippen LogP contribution in [-0.2, 0) is 0 Å². The van der Waals surface area contributed by atoms with Crippen LogP contribution in [-0.4, -0.2) is 43.2 Å². The molecular weight excluding hydrogens is 373 g/mol. The van der Waals surface area contributed by atoms with Crippen LogP contribution in [0.3, 0.4) is 0 Å².